The van der Waals surface area contributed by atoms with Crippen LogP contribution in [0.25, 0.3) is 11.3 Å². The van der Waals surface area contributed by atoms with Gasteiger partial charge >= 0.3 is 6.09 Å². The number of nitrogens with one attached hydrogen (secondary N) is 2. The topological polar surface area (TPSA) is 76.1 Å². The van der Waals surface area contributed by atoms with Gasteiger partial charge in [0.05, 0.1) is 6.54 Å². The van der Waals surface area contributed by atoms with Crippen LogP contribution in [0, 0.1) is 11.7 Å². The molecule has 0 radical (unpaired) electrons. The van der Waals surface area contributed by atoms with Crippen molar-refractivity contribution in [2.24, 2.45) is 5.92 Å². The van der Waals surface area contributed by atoms with Gasteiger partial charge < -0.3 is 15.4 Å². The zero-order valence-corrected chi connectivity index (χ0v) is 14.4. The Kier molecular flexibility index (Phi) is 4.44. The predicted octanol–water partition coefficient (Wildman–Crippen LogP) is 3.36. The Morgan fingerprint density at radius 1 is 1.27 bits per heavy atom. The van der Waals surface area contributed by atoms with Crippen molar-refractivity contribution in [1.82, 2.24) is 15.3 Å². The molecule has 1 aliphatic carbocycles. The molecule has 2 aliphatic rings. The number of nitrogens with zero attached hydrogens (tertiary/aromatic N) is 2. The fourth-order valence-electron chi connectivity index (χ4n) is 3.67. The van der Waals surface area contributed by atoms with Crippen LogP contribution in [0.2, 0.25) is 0 Å². The van der Waals surface area contributed by atoms with Crippen LogP contribution in [0.15, 0.2) is 36.7 Å². The van der Waals surface area contributed by atoms with Gasteiger partial charge in [0.25, 0.3) is 0 Å². The Morgan fingerprint density at radius 3 is 2.77 bits per heavy atom. The van der Waals surface area contributed by atoms with E-state index in [9.17, 15) is 9.18 Å². The second kappa shape index (κ2) is 6.90. The molecule has 4 rings (SSSR count). The highest BCUT2D eigenvalue weighted by Crippen LogP contribution is 2.36. The fraction of sp³-hybridized carbons (Fsp3) is 0.421. The molecule has 3 heterocycles. The van der Waals surface area contributed by atoms with Crippen LogP contribution in [0.4, 0.5) is 15.0 Å². The summed E-state index contributed by atoms with van der Waals surface area (Å²) in [6.45, 7) is 1.45. The first-order valence-electron chi connectivity index (χ1n) is 8.91. The first-order valence-corrected chi connectivity index (χ1v) is 8.91. The average Bonchev–Trinajstić information content (AvgIpc) is 3.03. The second-order valence-corrected chi connectivity index (χ2v) is 7.02. The average molecular weight is 356 g/mol. The van der Waals surface area contributed by atoms with Crippen molar-refractivity contribution in [2.75, 3.05) is 18.4 Å². The highest BCUT2D eigenvalue weighted by molar-refractivity contribution is 5.70. The molecule has 2 aromatic rings. The van der Waals surface area contributed by atoms with E-state index in [-0.39, 0.29) is 17.5 Å². The molecule has 7 heteroatoms. The maximum atomic E-state index is 13.8. The molecule has 1 saturated heterocycles. The van der Waals surface area contributed by atoms with E-state index in [2.05, 4.69) is 20.6 Å². The number of rotatable bonds is 4. The summed E-state index contributed by atoms with van der Waals surface area (Å²) in [5.41, 5.74) is 0.674. The Hall–Kier alpha value is -2.70. The van der Waals surface area contributed by atoms with E-state index in [0.717, 1.165) is 38.0 Å². The van der Waals surface area contributed by atoms with Crippen LogP contribution in [-0.4, -0.2) is 34.8 Å². The van der Waals surface area contributed by atoms with Gasteiger partial charge in [0.2, 0.25) is 0 Å². The number of amides is 1. The maximum absolute atomic E-state index is 13.8. The van der Waals surface area contributed by atoms with Crippen LogP contribution in [0.1, 0.15) is 25.7 Å². The summed E-state index contributed by atoms with van der Waals surface area (Å²) in [7, 11) is 0. The molecule has 0 aromatic carbocycles. The van der Waals surface area contributed by atoms with E-state index in [4.69, 9.17) is 4.74 Å². The number of aromatic nitrogens is 2. The molecule has 1 saturated carbocycles. The Balaban J connectivity index is 1.30. The molecule has 0 bridgehead atoms. The van der Waals surface area contributed by atoms with Gasteiger partial charge in [-0.2, -0.15) is 0 Å². The molecule has 1 amide bonds. The summed E-state index contributed by atoms with van der Waals surface area (Å²) in [4.78, 5) is 19.7. The summed E-state index contributed by atoms with van der Waals surface area (Å²) < 4.78 is 19.2. The number of ether oxygens (including phenoxy) is 1. The van der Waals surface area contributed by atoms with Gasteiger partial charge in [-0.25, -0.2) is 14.2 Å². The number of alkyl carbamates (subject to hydrolysis) is 1. The normalized spacial score (nSPS) is 25.0. The molecule has 6 nitrogen and oxygen atoms in total. The number of pyridine rings is 2. The minimum atomic E-state index is -0.353. The molecule has 1 spiro atoms. The highest BCUT2D eigenvalue weighted by atomic mass is 19.1. The van der Waals surface area contributed by atoms with Crippen LogP contribution in [0.5, 0.6) is 0 Å². The van der Waals surface area contributed by atoms with Gasteiger partial charge in [-0.15, -0.1) is 0 Å². The Labute approximate surface area is 151 Å². The molecule has 0 unspecified atom stereocenters. The van der Waals surface area contributed by atoms with Crippen LogP contribution >= 0.6 is 0 Å². The first-order chi connectivity index (χ1) is 12.6. The summed E-state index contributed by atoms with van der Waals surface area (Å²) >= 11 is 0. The number of hydrogen-bond donors (Lipinski definition) is 2. The molecule has 2 fully saturated rings. The molecule has 136 valence electrons. The minimum absolute atomic E-state index is 0.291. The number of carbonyl (C=O) groups excluding carboxylic acids is 1. The van der Waals surface area contributed by atoms with Gasteiger partial charge in [-0.1, -0.05) is 0 Å². The van der Waals surface area contributed by atoms with E-state index in [0.29, 0.717) is 23.7 Å². The molecular weight excluding hydrogens is 335 g/mol. The fourth-order valence-corrected chi connectivity index (χ4v) is 3.67. The first kappa shape index (κ1) is 16.8. The van der Waals surface area contributed by atoms with Crippen LogP contribution in [0.3, 0.4) is 0 Å². The SMILES string of the molecule is O=C1NCC2(CCC(CNc3ccc(-c4ncccc4F)cn3)CC2)O1. The van der Waals surface area contributed by atoms with Crippen LogP contribution in [-0.2, 0) is 4.74 Å². The van der Waals surface area contributed by atoms with Crippen molar-refractivity contribution in [3.8, 4) is 11.3 Å². The third-order valence-corrected chi connectivity index (χ3v) is 5.25. The zero-order valence-electron chi connectivity index (χ0n) is 14.4. The van der Waals surface area contributed by atoms with E-state index in [1.807, 2.05) is 12.1 Å². The molecule has 0 atom stereocenters. The van der Waals surface area contributed by atoms with Crippen molar-refractivity contribution in [1.29, 1.82) is 0 Å². The summed E-state index contributed by atoms with van der Waals surface area (Å²) in [6, 6.07) is 6.62. The summed E-state index contributed by atoms with van der Waals surface area (Å²) in [5.74, 6) is 0.933. The summed E-state index contributed by atoms with van der Waals surface area (Å²) in [6.07, 6.45) is 6.71. The lowest BCUT2D eigenvalue weighted by molar-refractivity contribution is 0.0148. The quantitative estimate of drug-likeness (QED) is 0.878. The second-order valence-electron chi connectivity index (χ2n) is 7.02. The Bertz CT molecular complexity index is 788. The molecule has 2 aromatic heterocycles. The molecule has 1 aliphatic heterocycles. The largest absolute Gasteiger partial charge is 0.441 e. The lowest BCUT2D eigenvalue weighted by Gasteiger charge is -2.34. The summed E-state index contributed by atoms with van der Waals surface area (Å²) in [5, 5.41) is 6.10. The smallest absolute Gasteiger partial charge is 0.407 e. The number of hydrogen-bond acceptors (Lipinski definition) is 5. The maximum Gasteiger partial charge on any atom is 0.407 e. The number of carbonyl (C=O) groups is 1. The molecular formula is C19H21FN4O2. The monoisotopic (exact) mass is 356 g/mol. The van der Waals surface area contributed by atoms with Gasteiger partial charge in [-0.3, -0.25) is 4.98 Å². The minimum Gasteiger partial charge on any atom is -0.441 e. The number of anilines is 1. The lowest BCUT2D eigenvalue weighted by Crippen LogP contribution is -2.38. The van der Waals surface area contributed by atoms with Crippen LogP contribution < -0.4 is 10.6 Å². The van der Waals surface area contributed by atoms with Gasteiger partial charge in [0.15, 0.2) is 0 Å². The molecule has 2 N–H and O–H groups in total. The number of halogens is 1. The lowest BCUT2D eigenvalue weighted by atomic mass is 9.79. The van der Waals surface area contributed by atoms with E-state index < -0.39 is 0 Å². The van der Waals surface area contributed by atoms with Gasteiger partial charge in [0, 0.05) is 24.5 Å². The van der Waals surface area contributed by atoms with Crippen molar-refractivity contribution < 1.29 is 13.9 Å². The van der Waals surface area contributed by atoms with Gasteiger partial charge in [0.1, 0.15) is 22.9 Å². The third-order valence-electron chi connectivity index (χ3n) is 5.25. The van der Waals surface area contributed by atoms with Crippen molar-refractivity contribution in [3.63, 3.8) is 0 Å². The predicted molar refractivity (Wildman–Crippen MR) is 95.1 cm³/mol. The third kappa shape index (κ3) is 3.47. The van der Waals surface area contributed by atoms with Crippen molar-refractivity contribution >= 4 is 11.9 Å². The van der Waals surface area contributed by atoms with Crippen molar-refractivity contribution in [2.45, 2.75) is 31.3 Å². The highest BCUT2D eigenvalue weighted by Gasteiger charge is 2.43. The van der Waals surface area contributed by atoms with E-state index in [1.54, 1.807) is 18.5 Å². The Morgan fingerprint density at radius 2 is 2.12 bits per heavy atom. The van der Waals surface area contributed by atoms with Crippen molar-refractivity contribution in [3.05, 3.63) is 42.5 Å². The zero-order chi connectivity index (χ0) is 18.0. The van der Waals surface area contributed by atoms with Gasteiger partial charge in [-0.05, 0) is 55.9 Å². The van der Waals surface area contributed by atoms with E-state index >= 15 is 0 Å². The standard InChI is InChI=1S/C19H21FN4O2/c20-15-2-1-9-21-17(15)14-3-4-16(23-11-14)22-10-13-5-7-19(8-6-13)12-24-18(25)26-19/h1-4,9,11,13H,5-8,10,12H2,(H,22,23)(H,24,25). The molecule has 26 heavy (non-hydrogen) atoms. The van der Waals surface area contributed by atoms with E-state index in [1.165, 1.54) is 6.07 Å².